The first-order chi connectivity index (χ1) is 13.4. The second kappa shape index (κ2) is 9.79. The number of nitrogens with two attached hydrogens (primary N) is 1. The number of carbonyl (C=O) groups is 2. The molecule has 0 saturated heterocycles. The standard InChI is InChI=1S/C16H15N3O.C4H4O4/c1-2-5-14(17)11-6-3-4-7-12(11)16-13-10-18-9-8-15(13)20-19-16;5-3(6)1-2-4(7)8/h2-4,6-10,14H,1,5,17H2;1-2H,(H,5,6)(H,7,8)/b;2-1-. The molecule has 3 rings (SSSR count). The highest BCUT2D eigenvalue weighted by atomic mass is 16.5. The van der Waals surface area contributed by atoms with Crippen LogP contribution in [0.1, 0.15) is 18.0 Å². The summed E-state index contributed by atoms with van der Waals surface area (Å²) in [4.78, 5) is 23.2. The van der Waals surface area contributed by atoms with Crippen LogP contribution in [0.2, 0.25) is 0 Å². The lowest BCUT2D eigenvalue weighted by molar-refractivity contribution is -0.134. The normalized spacial score (nSPS) is 11.6. The van der Waals surface area contributed by atoms with Gasteiger partial charge in [0.15, 0.2) is 5.58 Å². The Morgan fingerprint density at radius 1 is 1.18 bits per heavy atom. The molecule has 2 heterocycles. The molecular weight excluding hydrogens is 362 g/mol. The van der Waals surface area contributed by atoms with E-state index in [4.69, 9.17) is 20.5 Å². The second-order valence-electron chi connectivity index (χ2n) is 5.63. The molecule has 0 radical (unpaired) electrons. The number of carboxylic acid groups (broad SMARTS) is 2. The van der Waals surface area contributed by atoms with Gasteiger partial charge in [-0.05, 0) is 12.0 Å². The van der Waals surface area contributed by atoms with Gasteiger partial charge in [0.25, 0.3) is 0 Å². The number of carboxylic acids is 2. The maximum Gasteiger partial charge on any atom is 0.328 e. The van der Waals surface area contributed by atoms with E-state index in [0.29, 0.717) is 18.6 Å². The number of pyridine rings is 1. The van der Waals surface area contributed by atoms with Crippen molar-refractivity contribution >= 4 is 22.9 Å². The van der Waals surface area contributed by atoms with Crippen LogP contribution in [0.3, 0.4) is 0 Å². The second-order valence-corrected chi connectivity index (χ2v) is 5.63. The van der Waals surface area contributed by atoms with Crippen molar-refractivity contribution in [3.63, 3.8) is 0 Å². The lowest BCUT2D eigenvalue weighted by Crippen LogP contribution is -2.10. The molecule has 0 spiro atoms. The van der Waals surface area contributed by atoms with E-state index in [1.54, 1.807) is 18.5 Å². The zero-order chi connectivity index (χ0) is 20.5. The van der Waals surface area contributed by atoms with Gasteiger partial charge in [-0.2, -0.15) is 0 Å². The highest BCUT2D eigenvalue weighted by Gasteiger charge is 2.16. The molecule has 2 aromatic heterocycles. The quantitative estimate of drug-likeness (QED) is 0.437. The third-order valence-corrected chi connectivity index (χ3v) is 3.68. The van der Waals surface area contributed by atoms with Gasteiger partial charge in [-0.3, -0.25) is 4.98 Å². The minimum Gasteiger partial charge on any atom is -0.478 e. The maximum atomic E-state index is 9.55. The lowest BCUT2D eigenvalue weighted by Gasteiger charge is -2.13. The summed E-state index contributed by atoms with van der Waals surface area (Å²) in [6, 6.07) is 9.66. The fraction of sp³-hybridized carbons (Fsp3) is 0.100. The Morgan fingerprint density at radius 2 is 1.86 bits per heavy atom. The number of fused-ring (bicyclic) bond motifs is 1. The fourth-order valence-electron chi connectivity index (χ4n) is 2.46. The van der Waals surface area contributed by atoms with Crippen molar-refractivity contribution in [2.75, 3.05) is 0 Å². The Morgan fingerprint density at radius 3 is 2.50 bits per heavy atom. The molecule has 0 aliphatic carbocycles. The Bertz CT molecular complexity index is 994. The zero-order valence-electron chi connectivity index (χ0n) is 14.9. The van der Waals surface area contributed by atoms with Crippen LogP contribution in [0.25, 0.3) is 22.2 Å². The first-order valence-electron chi connectivity index (χ1n) is 8.23. The average Bonchev–Trinajstić information content (AvgIpc) is 3.11. The van der Waals surface area contributed by atoms with Crippen molar-refractivity contribution in [1.29, 1.82) is 0 Å². The van der Waals surface area contributed by atoms with E-state index in [1.165, 1.54) is 0 Å². The molecule has 1 atom stereocenters. The van der Waals surface area contributed by atoms with Gasteiger partial charge in [-0.1, -0.05) is 35.5 Å². The summed E-state index contributed by atoms with van der Waals surface area (Å²) in [6.45, 7) is 3.74. The van der Waals surface area contributed by atoms with Crippen LogP contribution in [-0.4, -0.2) is 32.3 Å². The van der Waals surface area contributed by atoms with Crippen molar-refractivity contribution in [2.45, 2.75) is 12.5 Å². The van der Waals surface area contributed by atoms with Gasteiger partial charge in [0.1, 0.15) is 5.69 Å². The maximum absolute atomic E-state index is 9.55. The first kappa shape index (κ1) is 20.5. The smallest absolute Gasteiger partial charge is 0.328 e. The fourth-order valence-corrected chi connectivity index (χ4v) is 2.46. The van der Waals surface area contributed by atoms with Gasteiger partial charge in [0.05, 0.1) is 5.39 Å². The van der Waals surface area contributed by atoms with Gasteiger partial charge in [-0.25, -0.2) is 9.59 Å². The van der Waals surface area contributed by atoms with E-state index < -0.39 is 11.9 Å². The highest BCUT2D eigenvalue weighted by molar-refractivity contribution is 5.91. The van der Waals surface area contributed by atoms with Crippen molar-refractivity contribution < 1.29 is 24.3 Å². The highest BCUT2D eigenvalue weighted by Crippen LogP contribution is 2.32. The van der Waals surface area contributed by atoms with Gasteiger partial charge >= 0.3 is 11.9 Å². The number of benzene rings is 1. The molecule has 1 unspecified atom stereocenters. The summed E-state index contributed by atoms with van der Waals surface area (Å²) in [6.07, 6.45) is 7.10. The number of hydrogen-bond donors (Lipinski definition) is 3. The molecule has 0 saturated carbocycles. The minimum absolute atomic E-state index is 0.105. The molecule has 4 N–H and O–H groups in total. The number of aromatic nitrogens is 2. The molecule has 1 aromatic carbocycles. The van der Waals surface area contributed by atoms with Crippen molar-refractivity contribution in [3.05, 3.63) is 73.1 Å². The molecular formula is C20H19N3O5. The molecule has 3 aromatic rings. The lowest BCUT2D eigenvalue weighted by atomic mass is 9.95. The SMILES string of the molecule is C=CCC(N)c1ccccc1-c1noc2ccncc12.O=C(O)/C=C\C(=O)O. The van der Waals surface area contributed by atoms with Crippen LogP contribution in [0, 0.1) is 0 Å². The molecule has 0 amide bonds. The Hall–Kier alpha value is -3.78. The number of nitrogens with zero attached hydrogens (tertiary/aromatic N) is 2. The molecule has 0 aliphatic rings. The topological polar surface area (TPSA) is 140 Å². The largest absolute Gasteiger partial charge is 0.478 e. The van der Waals surface area contributed by atoms with Gasteiger partial charge in [0.2, 0.25) is 0 Å². The van der Waals surface area contributed by atoms with E-state index in [1.807, 2.05) is 30.3 Å². The molecule has 0 bridgehead atoms. The Kier molecular flexibility index (Phi) is 7.18. The summed E-state index contributed by atoms with van der Waals surface area (Å²) in [5, 5.41) is 20.7. The predicted molar refractivity (Wildman–Crippen MR) is 103 cm³/mol. The van der Waals surface area contributed by atoms with Crippen LogP contribution >= 0.6 is 0 Å². The summed E-state index contributed by atoms with van der Waals surface area (Å²) >= 11 is 0. The van der Waals surface area contributed by atoms with E-state index in [-0.39, 0.29) is 6.04 Å². The summed E-state index contributed by atoms with van der Waals surface area (Å²) in [7, 11) is 0. The molecule has 8 nitrogen and oxygen atoms in total. The number of hydrogen-bond acceptors (Lipinski definition) is 6. The molecule has 144 valence electrons. The minimum atomic E-state index is -1.26. The Labute approximate surface area is 160 Å². The summed E-state index contributed by atoms with van der Waals surface area (Å²) in [5.74, 6) is -2.51. The number of rotatable bonds is 6. The van der Waals surface area contributed by atoms with Crippen LogP contribution in [0.4, 0.5) is 0 Å². The van der Waals surface area contributed by atoms with Crippen LogP contribution in [0.15, 0.2) is 72.1 Å². The van der Waals surface area contributed by atoms with Gasteiger partial charge in [0, 0.05) is 42.2 Å². The number of aliphatic carboxylic acids is 2. The monoisotopic (exact) mass is 381 g/mol. The predicted octanol–water partition coefficient (Wildman–Crippen LogP) is 3.18. The van der Waals surface area contributed by atoms with Crippen LogP contribution < -0.4 is 5.73 Å². The molecule has 8 heteroatoms. The summed E-state index contributed by atoms with van der Waals surface area (Å²) in [5.41, 5.74) is 9.73. The van der Waals surface area contributed by atoms with E-state index in [2.05, 4.69) is 16.7 Å². The molecule has 0 aliphatic heterocycles. The summed E-state index contributed by atoms with van der Waals surface area (Å²) < 4.78 is 5.35. The van der Waals surface area contributed by atoms with Crippen LogP contribution in [-0.2, 0) is 9.59 Å². The van der Waals surface area contributed by atoms with E-state index in [9.17, 15) is 9.59 Å². The third kappa shape index (κ3) is 5.36. The Balaban J connectivity index is 0.000000300. The third-order valence-electron chi connectivity index (χ3n) is 3.68. The zero-order valence-corrected chi connectivity index (χ0v) is 14.9. The van der Waals surface area contributed by atoms with Gasteiger partial charge < -0.3 is 20.5 Å². The molecule has 28 heavy (non-hydrogen) atoms. The van der Waals surface area contributed by atoms with Gasteiger partial charge in [-0.15, -0.1) is 6.58 Å². The van der Waals surface area contributed by atoms with Crippen molar-refractivity contribution in [1.82, 2.24) is 10.1 Å². The van der Waals surface area contributed by atoms with Crippen molar-refractivity contribution in [3.8, 4) is 11.3 Å². The van der Waals surface area contributed by atoms with Crippen LogP contribution in [0.5, 0.6) is 0 Å². The average molecular weight is 381 g/mol. The van der Waals surface area contributed by atoms with E-state index in [0.717, 1.165) is 27.8 Å². The molecule has 0 fully saturated rings. The van der Waals surface area contributed by atoms with E-state index >= 15 is 0 Å². The van der Waals surface area contributed by atoms with Crippen molar-refractivity contribution in [2.24, 2.45) is 5.73 Å². The first-order valence-corrected chi connectivity index (χ1v) is 8.23.